The third kappa shape index (κ3) is 0.829. The van der Waals surface area contributed by atoms with E-state index < -0.39 is 0 Å². The maximum absolute atomic E-state index is 2.12. The quantitative estimate of drug-likeness (QED) is 0.498. The fourth-order valence-electron chi connectivity index (χ4n) is 0.581. The molecule has 0 aliphatic carbocycles. The summed E-state index contributed by atoms with van der Waals surface area (Å²) >= 11 is 0. The topological polar surface area (TPSA) is 4.93 Å². The van der Waals surface area contributed by atoms with E-state index in [1.807, 2.05) is 12.1 Å². The summed E-state index contributed by atoms with van der Waals surface area (Å²) in [5.41, 5.74) is 0. The highest BCUT2D eigenvalue weighted by Crippen LogP contribution is 1.86. The molecule has 0 aliphatic rings. The molecule has 1 aromatic heterocycles. The van der Waals surface area contributed by atoms with E-state index in [4.69, 9.17) is 0 Å². The van der Waals surface area contributed by atoms with Crippen LogP contribution in [0, 0.1) is 0 Å². The monoisotopic (exact) mass is 95.1 g/mol. The van der Waals surface area contributed by atoms with Crippen molar-refractivity contribution in [1.82, 2.24) is 4.57 Å². The molecule has 0 atom stereocenters. The van der Waals surface area contributed by atoms with Crippen LogP contribution in [0.5, 0.6) is 0 Å². The molecule has 0 spiro atoms. The second-order valence-corrected chi connectivity index (χ2v) is 1.51. The lowest BCUT2D eigenvalue weighted by molar-refractivity contribution is 0.769. The zero-order valence-corrected chi connectivity index (χ0v) is 4.46. The first kappa shape index (κ1) is 4.44. The average molecular weight is 95.1 g/mol. The number of aryl methyl sites for hydroxylation is 1. The molecule has 0 unspecified atom stereocenters. The predicted octanol–water partition coefficient (Wildman–Crippen LogP) is 1.51. The van der Waals surface area contributed by atoms with Crippen LogP contribution in [0.1, 0.15) is 6.92 Å². The Kier molecular flexibility index (Phi) is 1.16. The van der Waals surface area contributed by atoms with Crippen LogP contribution in [-0.4, -0.2) is 4.57 Å². The first-order valence-electron chi connectivity index (χ1n) is 2.54. The number of aromatic nitrogens is 1. The highest BCUT2D eigenvalue weighted by molar-refractivity contribution is 4.89. The van der Waals surface area contributed by atoms with Crippen LogP contribution in [-0.2, 0) is 6.54 Å². The Balaban J connectivity index is 2.76. The zero-order valence-electron chi connectivity index (χ0n) is 4.46. The lowest BCUT2D eigenvalue weighted by atomic mass is 10.7. The first-order valence-corrected chi connectivity index (χ1v) is 2.54. The van der Waals surface area contributed by atoms with Gasteiger partial charge in [-0.2, -0.15) is 0 Å². The van der Waals surface area contributed by atoms with Crippen molar-refractivity contribution in [2.75, 3.05) is 0 Å². The van der Waals surface area contributed by atoms with Crippen molar-refractivity contribution >= 4 is 0 Å². The van der Waals surface area contributed by atoms with Gasteiger partial charge in [0.15, 0.2) is 0 Å². The van der Waals surface area contributed by atoms with Crippen molar-refractivity contribution in [2.24, 2.45) is 0 Å². The molecule has 1 heterocycles. The SMILES string of the molecule is CCn1cccc1. The minimum Gasteiger partial charge on any atom is -0.355 e. The van der Waals surface area contributed by atoms with Crippen LogP contribution in [0.3, 0.4) is 0 Å². The summed E-state index contributed by atoms with van der Waals surface area (Å²) in [5, 5.41) is 0. The highest BCUT2D eigenvalue weighted by atomic mass is 14.9. The molecule has 1 heteroatoms. The van der Waals surface area contributed by atoms with Gasteiger partial charge in [-0.15, -0.1) is 0 Å². The van der Waals surface area contributed by atoms with E-state index in [-0.39, 0.29) is 0 Å². The molecule has 7 heavy (non-hydrogen) atoms. The van der Waals surface area contributed by atoms with Crippen molar-refractivity contribution in [3.8, 4) is 0 Å². The predicted molar refractivity (Wildman–Crippen MR) is 30.1 cm³/mol. The molecule has 0 saturated heterocycles. The summed E-state index contributed by atoms with van der Waals surface area (Å²) in [4.78, 5) is 0. The summed E-state index contributed by atoms with van der Waals surface area (Å²) in [6.07, 6.45) is 4.11. The first-order chi connectivity index (χ1) is 3.43. The molecule has 0 amide bonds. The number of hydrogen-bond acceptors (Lipinski definition) is 0. The van der Waals surface area contributed by atoms with Crippen molar-refractivity contribution in [1.29, 1.82) is 0 Å². The lowest BCUT2D eigenvalue weighted by Crippen LogP contribution is -1.85. The standard InChI is InChI=1S/C6H9N/c1-2-7-5-3-4-6-7/h3-6H,2H2,1H3. The molecular formula is C6H9N. The normalized spacial score (nSPS) is 9.29. The van der Waals surface area contributed by atoms with E-state index in [0.717, 1.165) is 6.54 Å². The Morgan fingerprint density at radius 2 is 1.86 bits per heavy atom. The van der Waals surface area contributed by atoms with Gasteiger partial charge >= 0.3 is 0 Å². The van der Waals surface area contributed by atoms with Gasteiger partial charge in [0.25, 0.3) is 0 Å². The molecular weight excluding hydrogens is 86.1 g/mol. The van der Waals surface area contributed by atoms with Crippen molar-refractivity contribution < 1.29 is 0 Å². The maximum Gasteiger partial charge on any atom is 0.0191 e. The van der Waals surface area contributed by atoms with Crippen LogP contribution in [0.25, 0.3) is 0 Å². The fourth-order valence-corrected chi connectivity index (χ4v) is 0.581. The summed E-state index contributed by atoms with van der Waals surface area (Å²) in [5.74, 6) is 0. The third-order valence-corrected chi connectivity index (χ3v) is 1.03. The van der Waals surface area contributed by atoms with Crippen LogP contribution in [0.4, 0.5) is 0 Å². The molecule has 0 fully saturated rings. The lowest BCUT2D eigenvalue weighted by Gasteiger charge is -1.89. The van der Waals surface area contributed by atoms with Gasteiger partial charge in [0, 0.05) is 18.9 Å². The Morgan fingerprint density at radius 1 is 1.29 bits per heavy atom. The van der Waals surface area contributed by atoms with E-state index in [9.17, 15) is 0 Å². The number of nitrogens with zero attached hydrogens (tertiary/aromatic N) is 1. The molecule has 1 aromatic rings. The average Bonchev–Trinajstić information content (AvgIpc) is 2.14. The van der Waals surface area contributed by atoms with Gasteiger partial charge < -0.3 is 4.57 Å². The molecule has 38 valence electrons. The Morgan fingerprint density at radius 3 is 2.14 bits per heavy atom. The summed E-state index contributed by atoms with van der Waals surface area (Å²) in [6, 6.07) is 4.06. The van der Waals surface area contributed by atoms with Gasteiger partial charge in [0.2, 0.25) is 0 Å². The van der Waals surface area contributed by atoms with Gasteiger partial charge in [0.1, 0.15) is 0 Å². The van der Waals surface area contributed by atoms with Crippen molar-refractivity contribution in [3.63, 3.8) is 0 Å². The van der Waals surface area contributed by atoms with Gasteiger partial charge in [-0.05, 0) is 19.1 Å². The molecule has 1 rings (SSSR count). The van der Waals surface area contributed by atoms with Gasteiger partial charge in [-0.25, -0.2) is 0 Å². The second kappa shape index (κ2) is 1.82. The maximum atomic E-state index is 2.12. The summed E-state index contributed by atoms with van der Waals surface area (Å²) < 4.78 is 2.12. The minimum atomic E-state index is 1.08. The Hall–Kier alpha value is -0.720. The number of hydrogen-bond donors (Lipinski definition) is 0. The van der Waals surface area contributed by atoms with E-state index >= 15 is 0 Å². The van der Waals surface area contributed by atoms with Crippen LogP contribution < -0.4 is 0 Å². The summed E-state index contributed by atoms with van der Waals surface area (Å²) in [6.45, 7) is 3.20. The van der Waals surface area contributed by atoms with E-state index in [1.165, 1.54) is 0 Å². The van der Waals surface area contributed by atoms with Gasteiger partial charge in [-0.1, -0.05) is 0 Å². The highest BCUT2D eigenvalue weighted by Gasteiger charge is 1.75. The second-order valence-electron chi connectivity index (χ2n) is 1.51. The summed E-state index contributed by atoms with van der Waals surface area (Å²) in [7, 11) is 0. The largest absolute Gasteiger partial charge is 0.355 e. The molecule has 0 aromatic carbocycles. The van der Waals surface area contributed by atoms with Crippen LogP contribution >= 0.6 is 0 Å². The fraction of sp³-hybridized carbons (Fsp3) is 0.333. The molecule has 0 bridgehead atoms. The van der Waals surface area contributed by atoms with E-state index in [0.29, 0.717) is 0 Å². The van der Waals surface area contributed by atoms with Crippen LogP contribution in [0.15, 0.2) is 24.5 Å². The van der Waals surface area contributed by atoms with Crippen LogP contribution in [0.2, 0.25) is 0 Å². The third-order valence-electron chi connectivity index (χ3n) is 1.03. The minimum absolute atomic E-state index is 1.08. The van der Waals surface area contributed by atoms with E-state index in [2.05, 4.69) is 23.9 Å². The molecule has 0 radical (unpaired) electrons. The Bertz CT molecular complexity index is 119. The van der Waals surface area contributed by atoms with Gasteiger partial charge in [0.05, 0.1) is 0 Å². The van der Waals surface area contributed by atoms with Gasteiger partial charge in [-0.3, -0.25) is 0 Å². The van der Waals surface area contributed by atoms with Crippen molar-refractivity contribution in [3.05, 3.63) is 24.5 Å². The van der Waals surface area contributed by atoms with Crippen molar-refractivity contribution in [2.45, 2.75) is 13.5 Å². The molecule has 0 aliphatic heterocycles. The zero-order chi connectivity index (χ0) is 5.11. The molecule has 0 saturated carbocycles. The molecule has 0 N–H and O–H groups in total. The molecule has 1 nitrogen and oxygen atoms in total. The number of rotatable bonds is 1. The Labute approximate surface area is 43.6 Å². The van der Waals surface area contributed by atoms with E-state index in [1.54, 1.807) is 0 Å². The smallest absolute Gasteiger partial charge is 0.0191 e.